The van der Waals surface area contributed by atoms with E-state index in [-0.39, 0.29) is 12.2 Å². The van der Waals surface area contributed by atoms with Crippen molar-refractivity contribution in [3.05, 3.63) is 64.2 Å². The summed E-state index contributed by atoms with van der Waals surface area (Å²) in [4.78, 5) is 0. The van der Waals surface area contributed by atoms with Crippen LogP contribution in [0.15, 0.2) is 42.2 Å². The fourth-order valence-corrected chi connectivity index (χ4v) is 6.39. The fraction of sp³-hybridized carbons (Fsp3) is 0.450. The Morgan fingerprint density at radius 3 is 2.67 bits per heavy atom. The van der Waals surface area contributed by atoms with Crippen molar-refractivity contribution in [2.45, 2.75) is 57.5 Å². The third-order valence-corrected chi connectivity index (χ3v) is 7.56. The Kier molecular flexibility index (Phi) is 4.22. The van der Waals surface area contributed by atoms with E-state index in [2.05, 4.69) is 49.1 Å². The summed E-state index contributed by atoms with van der Waals surface area (Å²) in [6.07, 6.45) is 1.90. The van der Waals surface area contributed by atoms with E-state index in [1.165, 1.54) is 22.0 Å². The molecular weight excluding hydrogens is 319 g/mol. The van der Waals surface area contributed by atoms with Crippen LogP contribution in [0.5, 0.6) is 0 Å². The molecule has 0 saturated carbocycles. The monoisotopic (exact) mass is 343 g/mol. The molecule has 126 valence electrons. The Labute approximate surface area is 144 Å². The molecule has 0 amide bonds. The molecule has 1 saturated heterocycles. The largest absolute Gasteiger partial charge is 0.393 e. The van der Waals surface area contributed by atoms with Crippen LogP contribution in [0.2, 0.25) is 0 Å². The number of fused-ring (bicyclic) bond motifs is 2. The van der Waals surface area contributed by atoms with Crippen molar-refractivity contribution in [1.82, 2.24) is 0 Å². The predicted octanol–water partition coefficient (Wildman–Crippen LogP) is 4.55. The number of benzene rings is 1. The van der Waals surface area contributed by atoms with E-state index in [4.69, 9.17) is 9.47 Å². The van der Waals surface area contributed by atoms with Gasteiger partial charge in [0.05, 0.1) is 18.6 Å². The molecule has 2 aromatic rings. The fourth-order valence-electron chi connectivity index (χ4n) is 3.74. The van der Waals surface area contributed by atoms with Gasteiger partial charge < -0.3 is 14.6 Å². The first kappa shape index (κ1) is 16.2. The van der Waals surface area contributed by atoms with Crippen molar-refractivity contribution in [2.24, 2.45) is 0 Å². The molecule has 3 heterocycles. The first-order valence-electron chi connectivity index (χ1n) is 8.63. The van der Waals surface area contributed by atoms with Crippen LogP contribution in [0.1, 0.15) is 41.8 Å². The van der Waals surface area contributed by atoms with Gasteiger partial charge >= 0.3 is 5.53 Å². The molecule has 1 aromatic carbocycles. The Morgan fingerprint density at radius 2 is 1.92 bits per heavy atom. The Hall–Kier alpha value is -1.25. The average molecular weight is 343 g/mol. The van der Waals surface area contributed by atoms with Gasteiger partial charge in [-0.3, -0.25) is 0 Å². The van der Waals surface area contributed by atoms with E-state index < -0.39 is 13.1 Å². The molecule has 1 spiro atoms. The highest BCUT2D eigenvalue weighted by Crippen LogP contribution is 2.60. The van der Waals surface area contributed by atoms with Crippen LogP contribution in [0.4, 0.5) is 0 Å². The van der Waals surface area contributed by atoms with E-state index in [1.54, 1.807) is 0 Å². The minimum Gasteiger partial charge on any atom is -0.393 e. The number of hydrogen-bond donors (Lipinski definition) is 1. The van der Waals surface area contributed by atoms with Crippen LogP contribution >= 0.6 is 7.53 Å². The standard InChI is InChI=1S/C20H24O3P/c1-14-3-5-16(6-4-14)10-17-7-8-19-12-22-20(24(19)13-17)11-18(21)9-15(2)23-20/h3-8,13,15,18,21H,9-12H2,1-2H3/q+1/t15?,18?,20-/m1/s1. The molecule has 1 aromatic heterocycles. The maximum Gasteiger partial charge on any atom is 0.342 e. The van der Waals surface area contributed by atoms with Gasteiger partial charge in [-0.1, -0.05) is 35.9 Å². The SMILES string of the molecule is Cc1ccc(Cc2ccc3[p+](c2)[C@]2(CC(O)CC(C)O2)OC3)cc1. The minimum atomic E-state index is -0.654. The molecule has 3 nitrogen and oxygen atoms in total. The van der Waals surface area contributed by atoms with Crippen molar-refractivity contribution in [2.75, 3.05) is 0 Å². The molecule has 4 heteroatoms. The number of hydrogen-bond acceptors (Lipinski definition) is 3. The summed E-state index contributed by atoms with van der Waals surface area (Å²) in [5, 5.41) is 11.5. The van der Waals surface area contributed by atoms with E-state index >= 15 is 0 Å². The van der Waals surface area contributed by atoms with Gasteiger partial charge in [-0.05, 0) is 37.5 Å². The molecule has 2 aliphatic heterocycles. The first-order chi connectivity index (χ1) is 11.5. The second-order valence-electron chi connectivity index (χ2n) is 7.08. The van der Waals surface area contributed by atoms with Gasteiger partial charge in [0.2, 0.25) is 0 Å². The van der Waals surface area contributed by atoms with Crippen molar-refractivity contribution in [3.8, 4) is 0 Å². The zero-order chi connectivity index (χ0) is 16.7. The maximum absolute atomic E-state index is 10.2. The highest BCUT2D eigenvalue weighted by atomic mass is 31.1. The smallest absolute Gasteiger partial charge is 0.342 e. The molecule has 24 heavy (non-hydrogen) atoms. The quantitative estimate of drug-likeness (QED) is 0.869. The third kappa shape index (κ3) is 3.02. The van der Waals surface area contributed by atoms with Crippen molar-refractivity contribution in [1.29, 1.82) is 0 Å². The van der Waals surface area contributed by atoms with Crippen molar-refractivity contribution in [3.63, 3.8) is 0 Å². The molecule has 1 fully saturated rings. The lowest BCUT2D eigenvalue weighted by Crippen LogP contribution is -2.39. The lowest BCUT2D eigenvalue weighted by molar-refractivity contribution is -0.268. The normalized spacial score (nSPS) is 29.7. The molecule has 0 radical (unpaired) electrons. The van der Waals surface area contributed by atoms with E-state index in [1.807, 2.05) is 6.92 Å². The summed E-state index contributed by atoms with van der Waals surface area (Å²) in [6.45, 7) is 4.76. The third-order valence-electron chi connectivity index (χ3n) is 4.92. The number of aryl methyl sites for hydroxylation is 1. The van der Waals surface area contributed by atoms with Crippen molar-refractivity contribution >= 4 is 7.53 Å². The maximum atomic E-state index is 10.2. The molecular formula is C20H24O3P+. The zero-order valence-corrected chi connectivity index (χ0v) is 15.1. The molecule has 2 aliphatic rings. The second-order valence-corrected chi connectivity index (χ2v) is 9.34. The van der Waals surface area contributed by atoms with Gasteiger partial charge in [-0.2, -0.15) is 0 Å². The average Bonchev–Trinajstić information content (AvgIpc) is 2.86. The van der Waals surface area contributed by atoms with Crippen LogP contribution in [0.25, 0.3) is 0 Å². The molecule has 0 aliphatic carbocycles. The van der Waals surface area contributed by atoms with Gasteiger partial charge in [0.1, 0.15) is 12.4 Å². The second kappa shape index (κ2) is 6.24. The van der Waals surface area contributed by atoms with Gasteiger partial charge in [0.15, 0.2) is 12.8 Å². The highest BCUT2D eigenvalue weighted by Gasteiger charge is 2.56. The van der Waals surface area contributed by atoms with Gasteiger partial charge in [-0.15, -0.1) is 0 Å². The van der Waals surface area contributed by atoms with Crippen LogP contribution in [0, 0.1) is 6.92 Å². The number of aliphatic hydroxyl groups excluding tert-OH is 1. The minimum absolute atomic E-state index is 0.0375. The van der Waals surface area contributed by atoms with Gasteiger partial charge in [-0.25, -0.2) is 0 Å². The van der Waals surface area contributed by atoms with Crippen LogP contribution in [-0.2, 0) is 28.0 Å². The number of ether oxygens (including phenoxy) is 2. The lowest BCUT2D eigenvalue weighted by Gasteiger charge is -2.33. The Morgan fingerprint density at radius 1 is 1.17 bits per heavy atom. The summed E-state index contributed by atoms with van der Waals surface area (Å²) in [5.74, 6) is 2.35. The van der Waals surface area contributed by atoms with E-state index in [0.29, 0.717) is 19.4 Å². The lowest BCUT2D eigenvalue weighted by atomic mass is 10.1. The van der Waals surface area contributed by atoms with Crippen LogP contribution in [0.3, 0.4) is 0 Å². The highest BCUT2D eigenvalue weighted by molar-refractivity contribution is 7.50. The molecule has 1 N–H and O–H groups in total. The van der Waals surface area contributed by atoms with E-state index in [9.17, 15) is 5.11 Å². The van der Waals surface area contributed by atoms with Crippen LogP contribution < -0.4 is 0 Å². The molecule has 4 atom stereocenters. The molecule has 3 unspecified atom stereocenters. The Bertz CT molecular complexity index is 731. The summed E-state index contributed by atoms with van der Waals surface area (Å²) < 4.78 is 12.3. The summed E-state index contributed by atoms with van der Waals surface area (Å²) in [5.41, 5.74) is 3.30. The summed E-state index contributed by atoms with van der Waals surface area (Å²) >= 11 is 0. The van der Waals surface area contributed by atoms with Gasteiger partial charge in [0.25, 0.3) is 0 Å². The molecule has 0 bridgehead atoms. The summed E-state index contributed by atoms with van der Waals surface area (Å²) in [6, 6.07) is 13.1. The zero-order valence-electron chi connectivity index (χ0n) is 14.2. The number of aliphatic hydroxyl groups is 1. The molecule has 4 rings (SSSR count). The van der Waals surface area contributed by atoms with Crippen molar-refractivity contribution < 1.29 is 14.6 Å². The van der Waals surface area contributed by atoms with Crippen LogP contribution in [-0.4, -0.2) is 17.3 Å². The summed E-state index contributed by atoms with van der Waals surface area (Å²) in [7, 11) is -0.654. The topological polar surface area (TPSA) is 38.7 Å². The number of rotatable bonds is 2. The first-order valence-corrected chi connectivity index (χ1v) is 10.0. The van der Waals surface area contributed by atoms with Gasteiger partial charge in [0, 0.05) is 6.42 Å². The van der Waals surface area contributed by atoms with E-state index in [0.717, 1.165) is 6.42 Å². The predicted molar refractivity (Wildman–Crippen MR) is 96.1 cm³/mol. The Balaban J connectivity index is 1.64.